The number of aromatic nitrogens is 2. The Bertz CT molecular complexity index is 1020. The highest BCUT2D eigenvalue weighted by atomic mass is 19.1. The predicted octanol–water partition coefficient (Wildman–Crippen LogP) is 5.08. The molecule has 22 heavy (non-hydrogen) atoms. The van der Waals surface area contributed by atoms with E-state index in [-0.39, 0.29) is 11.2 Å². The minimum absolute atomic E-state index is 0.0485. The fourth-order valence-corrected chi connectivity index (χ4v) is 3.06. The van der Waals surface area contributed by atoms with Gasteiger partial charge in [-0.3, -0.25) is 0 Å². The Balaban J connectivity index is 2.27. The van der Waals surface area contributed by atoms with E-state index in [2.05, 4.69) is 44.1 Å². The molecule has 0 N–H and O–H groups in total. The fourth-order valence-electron chi connectivity index (χ4n) is 3.06. The second kappa shape index (κ2) is 4.29. The van der Waals surface area contributed by atoms with Crippen LogP contribution in [0.1, 0.15) is 26.3 Å². The third-order valence-corrected chi connectivity index (χ3v) is 4.28. The molecular weight excluding hydrogens is 275 g/mol. The van der Waals surface area contributed by atoms with E-state index in [0.29, 0.717) is 0 Å². The average Bonchev–Trinajstić information content (AvgIpc) is 2.95. The molecule has 0 aliphatic rings. The second-order valence-corrected chi connectivity index (χ2v) is 6.80. The smallest absolute Gasteiger partial charge is 0.123 e. The van der Waals surface area contributed by atoms with Crippen molar-refractivity contribution in [2.45, 2.75) is 26.2 Å². The Labute approximate surface area is 128 Å². The van der Waals surface area contributed by atoms with Gasteiger partial charge >= 0.3 is 0 Å². The maximum atomic E-state index is 13.8. The summed E-state index contributed by atoms with van der Waals surface area (Å²) >= 11 is 0. The summed E-state index contributed by atoms with van der Waals surface area (Å²) in [6, 6.07) is 13.3. The molecule has 0 aliphatic heterocycles. The van der Waals surface area contributed by atoms with Crippen LogP contribution in [-0.4, -0.2) is 9.61 Å². The van der Waals surface area contributed by atoms with Gasteiger partial charge in [0.25, 0.3) is 0 Å². The van der Waals surface area contributed by atoms with Crippen LogP contribution in [0.15, 0.2) is 48.7 Å². The van der Waals surface area contributed by atoms with Crippen LogP contribution in [0.3, 0.4) is 0 Å². The van der Waals surface area contributed by atoms with Crippen molar-refractivity contribution in [2.75, 3.05) is 0 Å². The van der Waals surface area contributed by atoms with Crippen molar-refractivity contribution in [2.24, 2.45) is 0 Å². The molecule has 0 bridgehead atoms. The lowest BCUT2D eigenvalue weighted by Gasteiger charge is -2.20. The molecule has 2 aromatic carbocycles. The van der Waals surface area contributed by atoms with E-state index in [0.717, 1.165) is 27.2 Å². The van der Waals surface area contributed by atoms with Gasteiger partial charge in [0.15, 0.2) is 0 Å². The molecule has 2 heterocycles. The first-order valence-electron chi connectivity index (χ1n) is 7.44. The van der Waals surface area contributed by atoms with Gasteiger partial charge in [-0.2, -0.15) is 5.10 Å². The molecule has 3 heteroatoms. The number of hydrogen-bond donors (Lipinski definition) is 0. The van der Waals surface area contributed by atoms with Crippen molar-refractivity contribution in [1.29, 1.82) is 0 Å². The standard InChI is InChI=1S/C19H17FN2/c1-19(2,3)12-4-7-17-16(10-12)15-11-13(20)5-6-14(15)18-8-9-21-22(17)18/h4-11H,1-3H3. The molecule has 110 valence electrons. The highest BCUT2D eigenvalue weighted by Crippen LogP contribution is 2.33. The van der Waals surface area contributed by atoms with Gasteiger partial charge in [-0.25, -0.2) is 8.91 Å². The first kappa shape index (κ1) is 13.3. The quantitative estimate of drug-likeness (QED) is 0.413. The number of rotatable bonds is 0. The van der Waals surface area contributed by atoms with E-state index in [1.54, 1.807) is 12.3 Å². The van der Waals surface area contributed by atoms with Crippen LogP contribution in [0.5, 0.6) is 0 Å². The van der Waals surface area contributed by atoms with Crippen LogP contribution >= 0.6 is 0 Å². The van der Waals surface area contributed by atoms with Gasteiger partial charge in [0.2, 0.25) is 0 Å². The lowest BCUT2D eigenvalue weighted by atomic mass is 9.86. The van der Waals surface area contributed by atoms with Crippen LogP contribution in [0, 0.1) is 5.82 Å². The van der Waals surface area contributed by atoms with Crippen LogP contribution in [0.4, 0.5) is 4.39 Å². The van der Waals surface area contributed by atoms with Gasteiger partial charge in [-0.15, -0.1) is 0 Å². The third kappa shape index (κ3) is 1.82. The largest absolute Gasteiger partial charge is 0.232 e. The molecule has 0 saturated carbocycles. The minimum atomic E-state index is -0.209. The molecule has 4 aromatic rings. The molecular formula is C19H17FN2. The zero-order valence-electron chi connectivity index (χ0n) is 12.9. The molecule has 0 amide bonds. The number of fused-ring (bicyclic) bond motifs is 6. The summed E-state index contributed by atoms with van der Waals surface area (Å²) < 4.78 is 15.7. The Morgan fingerprint density at radius 3 is 2.41 bits per heavy atom. The summed E-state index contributed by atoms with van der Waals surface area (Å²) in [7, 11) is 0. The number of benzene rings is 2. The van der Waals surface area contributed by atoms with E-state index in [4.69, 9.17) is 0 Å². The second-order valence-electron chi connectivity index (χ2n) is 6.80. The van der Waals surface area contributed by atoms with Crippen molar-refractivity contribution in [3.05, 3.63) is 60.0 Å². The number of hydrogen-bond acceptors (Lipinski definition) is 1. The highest BCUT2D eigenvalue weighted by Gasteiger charge is 2.16. The average molecular weight is 292 g/mol. The van der Waals surface area contributed by atoms with E-state index >= 15 is 0 Å². The van der Waals surface area contributed by atoms with Gasteiger partial charge in [0.05, 0.1) is 17.2 Å². The van der Waals surface area contributed by atoms with Crippen LogP contribution in [0.2, 0.25) is 0 Å². The summed E-state index contributed by atoms with van der Waals surface area (Å²) in [6.07, 6.45) is 1.79. The van der Waals surface area contributed by atoms with Crippen molar-refractivity contribution in [1.82, 2.24) is 9.61 Å². The Morgan fingerprint density at radius 2 is 1.64 bits per heavy atom. The fraction of sp³-hybridized carbons (Fsp3) is 0.211. The maximum absolute atomic E-state index is 13.8. The van der Waals surface area contributed by atoms with Crippen LogP contribution in [-0.2, 0) is 5.41 Å². The lowest BCUT2D eigenvalue weighted by molar-refractivity contribution is 0.591. The zero-order valence-corrected chi connectivity index (χ0v) is 12.9. The van der Waals surface area contributed by atoms with Crippen LogP contribution < -0.4 is 0 Å². The zero-order chi connectivity index (χ0) is 15.5. The molecule has 2 aromatic heterocycles. The number of nitrogens with zero attached hydrogens (tertiary/aromatic N) is 2. The van der Waals surface area contributed by atoms with Gasteiger partial charge in [-0.1, -0.05) is 26.8 Å². The van der Waals surface area contributed by atoms with Crippen molar-refractivity contribution in [3.63, 3.8) is 0 Å². The Morgan fingerprint density at radius 1 is 0.864 bits per heavy atom. The summed E-state index contributed by atoms with van der Waals surface area (Å²) in [4.78, 5) is 0. The molecule has 4 rings (SSSR count). The Hall–Kier alpha value is -2.42. The van der Waals surface area contributed by atoms with E-state index < -0.39 is 0 Å². The van der Waals surface area contributed by atoms with Gasteiger partial charge in [0.1, 0.15) is 5.82 Å². The number of halogens is 1. The van der Waals surface area contributed by atoms with Crippen molar-refractivity contribution >= 4 is 27.2 Å². The molecule has 0 fully saturated rings. The number of pyridine rings is 1. The van der Waals surface area contributed by atoms with Gasteiger partial charge < -0.3 is 0 Å². The molecule has 0 radical (unpaired) electrons. The summed E-state index contributed by atoms with van der Waals surface area (Å²) in [5, 5.41) is 7.44. The Kier molecular flexibility index (Phi) is 2.59. The van der Waals surface area contributed by atoms with Gasteiger partial charge in [-0.05, 0) is 52.8 Å². The van der Waals surface area contributed by atoms with Crippen molar-refractivity contribution in [3.8, 4) is 0 Å². The monoisotopic (exact) mass is 292 g/mol. The molecule has 2 nitrogen and oxygen atoms in total. The van der Waals surface area contributed by atoms with E-state index in [1.807, 2.05) is 16.6 Å². The summed E-state index contributed by atoms with van der Waals surface area (Å²) in [5.74, 6) is -0.209. The molecule has 0 unspecified atom stereocenters. The SMILES string of the molecule is CC(C)(C)c1ccc2c(c1)c1cc(F)ccc1c1ccnn12. The topological polar surface area (TPSA) is 17.3 Å². The van der Waals surface area contributed by atoms with Crippen LogP contribution in [0.25, 0.3) is 27.2 Å². The highest BCUT2D eigenvalue weighted by molar-refractivity contribution is 6.12. The lowest BCUT2D eigenvalue weighted by Crippen LogP contribution is -2.11. The molecule has 0 atom stereocenters. The third-order valence-electron chi connectivity index (χ3n) is 4.28. The minimum Gasteiger partial charge on any atom is -0.232 e. The predicted molar refractivity (Wildman–Crippen MR) is 88.9 cm³/mol. The molecule has 0 spiro atoms. The molecule has 0 aliphatic carbocycles. The first-order chi connectivity index (χ1) is 10.4. The normalized spacial score (nSPS) is 12.5. The van der Waals surface area contributed by atoms with E-state index in [1.165, 1.54) is 11.6 Å². The van der Waals surface area contributed by atoms with E-state index in [9.17, 15) is 4.39 Å². The molecule has 0 saturated heterocycles. The maximum Gasteiger partial charge on any atom is 0.123 e. The van der Waals surface area contributed by atoms with Crippen molar-refractivity contribution < 1.29 is 4.39 Å². The van der Waals surface area contributed by atoms with Gasteiger partial charge in [0, 0.05) is 10.8 Å². The summed E-state index contributed by atoms with van der Waals surface area (Å²) in [6.45, 7) is 6.55. The first-order valence-corrected chi connectivity index (χ1v) is 7.44. The summed E-state index contributed by atoms with van der Waals surface area (Å²) in [5.41, 5.74) is 3.29.